The number of non-ortho nitro benzene ring substituents is 1. The van der Waals surface area contributed by atoms with Crippen LogP contribution in [-0.2, 0) is 9.59 Å². The van der Waals surface area contributed by atoms with E-state index in [1.165, 1.54) is 5.57 Å². The number of carboxylic acids is 2. The molecule has 0 unspecified atom stereocenters. The second-order valence-corrected chi connectivity index (χ2v) is 6.74. The Labute approximate surface area is 167 Å². The third kappa shape index (κ3) is 5.76. The van der Waals surface area contributed by atoms with Crippen molar-refractivity contribution in [3.8, 4) is 0 Å². The molecule has 9 heteroatoms. The second-order valence-electron chi connectivity index (χ2n) is 6.74. The van der Waals surface area contributed by atoms with E-state index in [1.807, 2.05) is 12.3 Å². The molecule has 0 aliphatic carbocycles. The summed E-state index contributed by atoms with van der Waals surface area (Å²) >= 11 is 0. The van der Waals surface area contributed by atoms with Crippen LogP contribution >= 0.6 is 0 Å². The molecule has 2 aromatic rings. The molecule has 1 aliphatic heterocycles. The molecule has 0 atom stereocenters. The van der Waals surface area contributed by atoms with E-state index < -0.39 is 11.9 Å². The summed E-state index contributed by atoms with van der Waals surface area (Å²) in [5, 5.41) is 27.6. The van der Waals surface area contributed by atoms with Crippen LogP contribution in [-0.4, -0.2) is 56.1 Å². The van der Waals surface area contributed by atoms with E-state index in [1.54, 1.807) is 12.1 Å². The van der Waals surface area contributed by atoms with Crippen LogP contribution in [0.1, 0.15) is 25.8 Å². The Morgan fingerprint density at radius 2 is 1.90 bits per heavy atom. The van der Waals surface area contributed by atoms with E-state index in [2.05, 4.69) is 29.8 Å². The fraction of sp³-hybridized carbons (Fsp3) is 0.300. The van der Waals surface area contributed by atoms with Crippen LogP contribution < -0.4 is 0 Å². The first-order valence-electron chi connectivity index (χ1n) is 9.02. The summed E-state index contributed by atoms with van der Waals surface area (Å²) in [5.41, 5.74) is 3.18. The predicted molar refractivity (Wildman–Crippen MR) is 109 cm³/mol. The molecule has 154 valence electrons. The van der Waals surface area contributed by atoms with Crippen molar-refractivity contribution >= 4 is 34.1 Å². The van der Waals surface area contributed by atoms with Gasteiger partial charge in [0, 0.05) is 49.1 Å². The minimum absolute atomic E-state index is 0.177. The number of nitrogens with zero attached hydrogens (tertiary/aromatic N) is 2. The molecule has 0 fully saturated rings. The number of aliphatic carboxylic acids is 2. The number of rotatable bonds is 5. The van der Waals surface area contributed by atoms with Crippen molar-refractivity contribution in [1.29, 1.82) is 0 Å². The van der Waals surface area contributed by atoms with Crippen molar-refractivity contribution in [1.82, 2.24) is 9.88 Å². The number of hydrogen-bond donors (Lipinski definition) is 3. The lowest BCUT2D eigenvalue weighted by atomic mass is 9.97. The molecule has 9 nitrogen and oxygen atoms in total. The topological polar surface area (TPSA) is 137 Å². The highest BCUT2D eigenvalue weighted by molar-refractivity contribution is 5.99. The first-order chi connectivity index (χ1) is 13.7. The molecule has 3 N–H and O–H groups in total. The third-order valence-electron chi connectivity index (χ3n) is 4.57. The number of hydrogen-bond acceptors (Lipinski definition) is 5. The lowest BCUT2D eigenvalue weighted by molar-refractivity contribution is -0.383. The van der Waals surface area contributed by atoms with Gasteiger partial charge in [-0.3, -0.25) is 15.0 Å². The summed E-state index contributed by atoms with van der Waals surface area (Å²) in [4.78, 5) is 35.6. The quantitative estimate of drug-likeness (QED) is 0.397. The zero-order valence-electron chi connectivity index (χ0n) is 16.2. The monoisotopic (exact) mass is 401 g/mol. The Balaban J connectivity index is 0.000000321. The van der Waals surface area contributed by atoms with Gasteiger partial charge in [0.2, 0.25) is 0 Å². The molecular weight excluding hydrogens is 378 g/mol. The Morgan fingerprint density at radius 3 is 2.38 bits per heavy atom. The zero-order valence-corrected chi connectivity index (χ0v) is 16.2. The van der Waals surface area contributed by atoms with Gasteiger partial charge >= 0.3 is 11.9 Å². The second kappa shape index (κ2) is 9.65. The first kappa shape index (κ1) is 21.8. The van der Waals surface area contributed by atoms with Gasteiger partial charge in [0.05, 0.1) is 15.8 Å². The van der Waals surface area contributed by atoms with E-state index in [4.69, 9.17) is 10.2 Å². The summed E-state index contributed by atoms with van der Waals surface area (Å²) in [5.74, 6) is -2.51. The summed E-state index contributed by atoms with van der Waals surface area (Å²) < 4.78 is 0. The van der Waals surface area contributed by atoms with Crippen LogP contribution in [0.2, 0.25) is 0 Å². The van der Waals surface area contributed by atoms with Gasteiger partial charge in [0.15, 0.2) is 0 Å². The fourth-order valence-electron chi connectivity index (χ4n) is 3.11. The highest BCUT2D eigenvalue weighted by Gasteiger charge is 2.21. The molecule has 3 rings (SSSR count). The molecule has 0 spiro atoms. The van der Waals surface area contributed by atoms with E-state index in [0.29, 0.717) is 18.2 Å². The van der Waals surface area contributed by atoms with Crippen molar-refractivity contribution in [2.75, 3.05) is 13.1 Å². The number of nitro groups is 1. The van der Waals surface area contributed by atoms with Crippen molar-refractivity contribution in [3.63, 3.8) is 0 Å². The maximum Gasteiger partial charge on any atom is 0.328 e. The van der Waals surface area contributed by atoms with Crippen LogP contribution in [0.4, 0.5) is 5.69 Å². The third-order valence-corrected chi connectivity index (χ3v) is 4.57. The number of aromatic nitrogens is 1. The smallest absolute Gasteiger partial charge is 0.328 e. The molecule has 0 amide bonds. The molecule has 29 heavy (non-hydrogen) atoms. The standard InChI is InChI=1S/C16H19N3O2.C4H4O4/c1-11(2)18-8-6-12(7-9-18)13-10-17-14-4-3-5-15(16(13)14)19(20)21;5-3(6)1-2-4(7)8/h3-6,10-11,17H,7-9H2,1-2H3;1-2H,(H,5,6)(H,7,8)/b;2-1-. The van der Waals surface area contributed by atoms with Crippen molar-refractivity contribution in [2.24, 2.45) is 0 Å². The van der Waals surface area contributed by atoms with Gasteiger partial charge in [-0.1, -0.05) is 12.1 Å². The molecule has 0 bridgehead atoms. The Morgan fingerprint density at radius 1 is 1.24 bits per heavy atom. The molecule has 1 aromatic carbocycles. The van der Waals surface area contributed by atoms with Gasteiger partial charge in [-0.25, -0.2) is 9.59 Å². The van der Waals surface area contributed by atoms with Crippen molar-refractivity contribution in [3.05, 3.63) is 58.3 Å². The van der Waals surface area contributed by atoms with E-state index >= 15 is 0 Å². The summed E-state index contributed by atoms with van der Waals surface area (Å²) in [6, 6.07) is 5.70. The highest BCUT2D eigenvalue weighted by atomic mass is 16.6. The van der Waals surface area contributed by atoms with Crippen LogP contribution in [0.25, 0.3) is 16.5 Å². The molecule has 0 radical (unpaired) electrons. The average molecular weight is 401 g/mol. The van der Waals surface area contributed by atoms with Crippen molar-refractivity contribution in [2.45, 2.75) is 26.3 Å². The van der Waals surface area contributed by atoms with Crippen LogP contribution in [0.15, 0.2) is 42.6 Å². The highest BCUT2D eigenvalue weighted by Crippen LogP contribution is 2.34. The van der Waals surface area contributed by atoms with E-state index in [0.717, 1.165) is 36.0 Å². The number of aromatic amines is 1. The largest absolute Gasteiger partial charge is 0.478 e. The normalized spacial score (nSPS) is 14.5. The summed E-state index contributed by atoms with van der Waals surface area (Å²) in [7, 11) is 0. The number of nitrogens with one attached hydrogen (secondary N) is 1. The minimum atomic E-state index is -1.26. The fourth-order valence-corrected chi connectivity index (χ4v) is 3.11. The van der Waals surface area contributed by atoms with Gasteiger partial charge in [0.25, 0.3) is 5.69 Å². The molecule has 0 saturated heterocycles. The molecule has 0 saturated carbocycles. The molecule has 1 aliphatic rings. The number of carbonyl (C=O) groups is 2. The minimum Gasteiger partial charge on any atom is -0.478 e. The molecule has 2 heterocycles. The van der Waals surface area contributed by atoms with Gasteiger partial charge in [-0.2, -0.15) is 0 Å². The SMILES string of the molecule is CC(C)N1CC=C(c2c[nH]c3cccc([N+](=O)[O-])c23)CC1.O=C(O)/C=C\C(=O)O. The van der Waals surface area contributed by atoms with Crippen LogP contribution in [0.5, 0.6) is 0 Å². The maximum absolute atomic E-state index is 11.3. The van der Waals surface area contributed by atoms with Crippen LogP contribution in [0, 0.1) is 10.1 Å². The van der Waals surface area contributed by atoms with Gasteiger partial charge in [0.1, 0.15) is 0 Å². The van der Waals surface area contributed by atoms with Gasteiger partial charge < -0.3 is 15.2 Å². The van der Waals surface area contributed by atoms with Crippen molar-refractivity contribution < 1.29 is 24.7 Å². The first-order valence-corrected chi connectivity index (χ1v) is 9.02. The van der Waals surface area contributed by atoms with Crippen LogP contribution in [0.3, 0.4) is 0 Å². The summed E-state index contributed by atoms with van der Waals surface area (Å²) in [6.07, 6.45) is 6.14. The number of H-pyrrole nitrogens is 1. The Kier molecular flexibility index (Phi) is 7.27. The number of fused-ring (bicyclic) bond motifs is 1. The van der Waals surface area contributed by atoms with E-state index in [-0.39, 0.29) is 10.6 Å². The lowest BCUT2D eigenvalue weighted by Gasteiger charge is -2.29. The number of benzene rings is 1. The molecular formula is C20H23N3O6. The predicted octanol–water partition coefficient (Wildman–Crippen LogP) is 3.29. The Hall–Kier alpha value is -3.46. The Bertz CT molecular complexity index is 958. The van der Waals surface area contributed by atoms with Gasteiger partial charge in [-0.15, -0.1) is 0 Å². The van der Waals surface area contributed by atoms with Gasteiger partial charge in [-0.05, 0) is 31.9 Å². The number of nitro benzene ring substituents is 1. The lowest BCUT2D eigenvalue weighted by Crippen LogP contribution is -2.34. The summed E-state index contributed by atoms with van der Waals surface area (Å²) in [6.45, 7) is 6.28. The van der Waals surface area contributed by atoms with E-state index in [9.17, 15) is 19.7 Å². The average Bonchev–Trinajstić information content (AvgIpc) is 3.11. The zero-order chi connectivity index (χ0) is 21.6. The molecule has 1 aromatic heterocycles. The number of carboxylic acid groups (broad SMARTS) is 2. The maximum atomic E-state index is 11.3.